The molecule has 1 heterocycles. The number of nitrogens with two attached hydrogens (primary N) is 1. The first-order chi connectivity index (χ1) is 12.0. The van der Waals surface area contributed by atoms with Crippen molar-refractivity contribution in [2.45, 2.75) is 39.0 Å². The number of ether oxygens (including phenoxy) is 1. The molecule has 2 aromatic rings. The highest BCUT2D eigenvalue weighted by atomic mass is 16.5. The summed E-state index contributed by atoms with van der Waals surface area (Å²) in [5.74, 6) is 0.765. The summed E-state index contributed by atoms with van der Waals surface area (Å²) >= 11 is 0. The van der Waals surface area contributed by atoms with Crippen molar-refractivity contribution in [2.75, 3.05) is 18.9 Å². The van der Waals surface area contributed by atoms with E-state index in [1.807, 2.05) is 31.2 Å². The van der Waals surface area contributed by atoms with Crippen molar-refractivity contribution in [2.24, 2.45) is 5.41 Å². The first kappa shape index (κ1) is 18.9. The number of benzene rings is 1. The van der Waals surface area contributed by atoms with E-state index in [0.29, 0.717) is 12.3 Å². The zero-order valence-corrected chi connectivity index (χ0v) is 14.5. The molecule has 6 nitrogen and oxygen atoms in total. The van der Waals surface area contributed by atoms with Gasteiger partial charge < -0.3 is 15.6 Å². The summed E-state index contributed by atoms with van der Waals surface area (Å²) in [5, 5.41) is 10.7. The first-order valence-corrected chi connectivity index (χ1v) is 8.44. The zero-order valence-electron chi connectivity index (χ0n) is 14.5. The van der Waals surface area contributed by atoms with E-state index < -0.39 is 0 Å². The van der Waals surface area contributed by atoms with Gasteiger partial charge in [-0.15, -0.1) is 0 Å². The molecule has 25 heavy (non-hydrogen) atoms. The molecule has 0 spiro atoms. The van der Waals surface area contributed by atoms with Gasteiger partial charge in [0.25, 0.3) is 0 Å². The summed E-state index contributed by atoms with van der Waals surface area (Å²) in [6.07, 6.45) is 5.90. The molecule has 1 aromatic carbocycles. The Hall–Kier alpha value is -2.43. The summed E-state index contributed by atoms with van der Waals surface area (Å²) in [5.41, 5.74) is 8.52. The van der Waals surface area contributed by atoms with Crippen molar-refractivity contribution in [3.8, 4) is 5.75 Å². The second kappa shape index (κ2) is 8.60. The van der Waals surface area contributed by atoms with Crippen LogP contribution in [-0.4, -0.2) is 29.5 Å². The van der Waals surface area contributed by atoms with Crippen LogP contribution in [-0.2, 0) is 9.59 Å². The lowest BCUT2D eigenvalue weighted by Gasteiger charge is -2.35. The highest BCUT2D eigenvalue weighted by Crippen LogP contribution is 2.38. The Balaban J connectivity index is 0.000000701. The maximum Gasteiger partial charge on any atom is 0.373 e. The highest BCUT2D eigenvalue weighted by molar-refractivity contribution is 5.95. The number of aryl methyl sites for hydroxylation is 1. The van der Waals surface area contributed by atoms with Gasteiger partial charge in [-0.1, -0.05) is 25.3 Å². The Kier molecular flexibility index (Phi) is 6.51. The second-order valence-electron chi connectivity index (χ2n) is 6.59. The third-order valence-corrected chi connectivity index (χ3v) is 4.74. The molecule has 1 fully saturated rings. The van der Waals surface area contributed by atoms with Crippen molar-refractivity contribution in [3.63, 3.8) is 0 Å². The number of nitrogens with zero attached hydrogens (tertiary/aromatic N) is 1. The van der Waals surface area contributed by atoms with Crippen LogP contribution in [0.15, 0.2) is 24.3 Å². The summed E-state index contributed by atoms with van der Waals surface area (Å²) < 4.78 is 6.09. The smallest absolute Gasteiger partial charge is 0.373 e. The zero-order chi connectivity index (χ0) is 18.3. The Morgan fingerprint density at radius 1 is 1.28 bits per heavy atom. The van der Waals surface area contributed by atoms with Gasteiger partial charge in [0.2, 0.25) is 0 Å². The van der Waals surface area contributed by atoms with E-state index in [2.05, 4.69) is 4.98 Å². The number of rotatable bonds is 4. The number of hydrogen-bond acceptors (Lipinski definition) is 6. The molecule has 1 aliphatic rings. The number of nitrogen functional groups attached to an aromatic ring is 1. The Morgan fingerprint density at radius 2 is 1.96 bits per heavy atom. The van der Waals surface area contributed by atoms with Crippen molar-refractivity contribution in [1.82, 2.24) is 4.98 Å². The van der Waals surface area contributed by atoms with E-state index in [9.17, 15) is 5.11 Å². The normalized spacial score (nSPS) is 15.8. The van der Waals surface area contributed by atoms with E-state index in [4.69, 9.17) is 20.1 Å². The number of fused-ring (bicyclic) bond motifs is 1. The van der Waals surface area contributed by atoms with Gasteiger partial charge in [-0.05, 0) is 38.0 Å². The standard InChI is InChI=1S/C18H24N2O2.CO2/c1-13-10-14(19)17-15(20-13)6-5-7-16(17)22-12-18(11-21)8-3-2-4-9-18;2-1-3/h5-7,10,21H,2-4,8-9,11-12H2,1H3,(H2,19,20);. The van der Waals surface area contributed by atoms with E-state index in [-0.39, 0.29) is 18.2 Å². The molecule has 0 radical (unpaired) electrons. The van der Waals surface area contributed by atoms with E-state index in [0.717, 1.165) is 35.2 Å². The van der Waals surface area contributed by atoms with Crippen LogP contribution in [0.1, 0.15) is 37.8 Å². The van der Waals surface area contributed by atoms with Crippen molar-refractivity contribution in [1.29, 1.82) is 0 Å². The Bertz CT molecular complexity index is 748. The minimum absolute atomic E-state index is 0.104. The molecular weight excluding hydrogens is 320 g/mol. The van der Waals surface area contributed by atoms with Crippen LogP contribution in [0.25, 0.3) is 10.9 Å². The van der Waals surface area contributed by atoms with Crippen molar-refractivity contribution in [3.05, 3.63) is 30.0 Å². The third kappa shape index (κ3) is 4.56. The van der Waals surface area contributed by atoms with Crippen molar-refractivity contribution >= 4 is 22.7 Å². The van der Waals surface area contributed by atoms with Crippen LogP contribution in [0, 0.1) is 12.3 Å². The van der Waals surface area contributed by atoms with Crippen LogP contribution in [0.4, 0.5) is 5.69 Å². The predicted octanol–water partition coefficient (Wildman–Crippen LogP) is 2.86. The van der Waals surface area contributed by atoms with Gasteiger partial charge in [-0.2, -0.15) is 9.59 Å². The minimum atomic E-state index is -0.104. The molecular formula is C19H24N2O4. The minimum Gasteiger partial charge on any atom is -0.492 e. The molecule has 3 rings (SSSR count). The average Bonchev–Trinajstić information content (AvgIpc) is 2.61. The van der Waals surface area contributed by atoms with Crippen LogP contribution in [0.3, 0.4) is 0 Å². The van der Waals surface area contributed by atoms with Gasteiger partial charge >= 0.3 is 6.15 Å². The van der Waals surface area contributed by atoms with Gasteiger partial charge in [0.05, 0.1) is 24.1 Å². The molecule has 6 heteroatoms. The van der Waals surface area contributed by atoms with E-state index in [1.54, 1.807) is 0 Å². The fraction of sp³-hybridized carbons (Fsp3) is 0.474. The fourth-order valence-electron chi connectivity index (χ4n) is 3.42. The van der Waals surface area contributed by atoms with Gasteiger partial charge in [-0.3, -0.25) is 4.98 Å². The lowest BCUT2D eigenvalue weighted by molar-refractivity contribution is -0.191. The molecule has 3 N–H and O–H groups in total. The molecule has 0 atom stereocenters. The molecule has 1 aliphatic carbocycles. The highest BCUT2D eigenvalue weighted by Gasteiger charge is 2.32. The number of carbonyl (C=O) groups excluding carboxylic acids is 2. The van der Waals surface area contributed by atoms with E-state index in [1.165, 1.54) is 19.3 Å². The summed E-state index contributed by atoms with van der Waals surface area (Å²) in [4.78, 5) is 20.8. The fourth-order valence-corrected chi connectivity index (χ4v) is 3.42. The number of anilines is 1. The van der Waals surface area contributed by atoms with Crippen LogP contribution < -0.4 is 10.5 Å². The predicted molar refractivity (Wildman–Crippen MR) is 94.0 cm³/mol. The summed E-state index contributed by atoms with van der Waals surface area (Å²) in [7, 11) is 0. The lowest BCUT2D eigenvalue weighted by atomic mass is 9.75. The molecule has 0 saturated heterocycles. The van der Waals surface area contributed by atoms with Gasteiger partial charge in [0.1, 0.15) is 5.75 Å². The van der Waals surface area contributed by atoms with Gasteiger partial charge in [0, 0.05) is 16.8 Å². The van der Waals surface area contributed by atoms with Gasteiger partial charge in [0.15, 0.2) is 0 Å². The molecule has 1 saturated carbocycles. The molecule has 1 aromatic heterocycles. The number of hydrogen-bond donors (Lipinski definition) is 2. The SMILES string of the molecule is Cc1cc(N)c2c(OCC3(CO)CCCCC3)cccc2n1.O=C=O. The summed E-state index contributed by atoms with van der Waals surface area (Å²) in [6.45, 7) is 2.66. The lowest BCUT2D eigenvalue weighted by Crippen LogP contribution is -2.34. The quantitative estimate of drug-likeness (QED) is 0.884. The van der Waals surface area contributed by atoms with Gasteiger partial charge in [-0.25, -0.2) is 0 Å². The number of aliphatic hydroxyl groups excluding tert-OH is 1. The maximum absolute atomic E-state index is 9.81. The van der Waals surface area contributed by atoms with Crippen LogP contribution >= 0.6 is 0 Å². The second-order valence-corrected chi connectivity index (χ2v) is 6.59. The molecule has 0 aliphatic heterocycles. The van der Waals surface area contributed by atoms with E-state index >= 15 is 0 Å². The first-order valence-electron chi connectivity index (χ1n) is 8.44. The Labute approximate surface area is 147 Å². The van der Waals surface area contributed by atoms with Crippen molar-refractivity contribution < 1.29 is 19.4 Å². The molecule has 0 unspecified atom stereocenters. The molecule has 0 amide bonds. The third-order valence-electron chi connectivity index (χ3n) is 4.74. The topological polar surface area (TPSA) is 103 Å². The van der Waals surface area contributed by atoms with Crippen LogP contribution in [0.5, 0.6) is 5.75 Å². The average molecular weight is 344 g/mol. The molecule has 134 valence electrons. The van der Waals surface area contributed by atoms with Crippen LogP contribution in [0.2, 0.25) is 0 Å². The monoisotopic (exact) mass is 344 g/mol. The maximum atomic E-state index is 9.81. The largest absolute Gasteiger partial charge is 0.492 e. The number of pyridine rings is 1. The number of aromatic nitrogens is 1. The summed E-state index contributed by atoms with van der Waals surface area (Å²) in [6, 6.07) is 7.70. The molecule has 0 bridgehead atoms. The number of aliphatic hydroxyl groups is 1. The Morgan fingerprint density at radius 3 is 2.60 bits per heavy atom.